The van der Waals surface area contributed by atoms with E-state index in [1.54, 1.807) is 0 Å². The molecular formula is C33H26N6. The van der Waals surface area contributed by atoms with Crippen LogP contribution in [0.15, 0.2) is 73.2 Å². The Bertz CT molecular complexity index is 2250. The largest absolute Gasteiger partial charge is 0.341 e. The normalized spacial score (nSPS) is 12.3. The molecule has 0 unspecified atom stereocenters. The van der Waals surface area contributed by atoms with E-state index >= 15 is 0 Å². The summed E-state index contributed by atoms with van der Waals surface area (Å²) >= 11 is 0. The molecule has 0 saturated heterocycles. The number of hydrogen-bond acceptors (Lipinski definition) is 4. The van der Waals surface area contributed by atoms with Gasteiger partial charge in [0, 0.05) is 57.9 Å². The second kappa shape index (κ2) is 8.08. The van der Waals surface area contributed by atoms with Gasteiger partial charge in [-0.3, -0.25) is 9.97 Å². The van der Waals surface area contributed by atoms with E-state index in [1.165, 1.54) is 10.8 Å². The number of aryl methyl sites for hydroxylation is 1. The third kappa shape index (κ3) is 3.15. The maximum Gasteiger partial charge on any atom is 0.109 e. The highest BCUT2D eigenvalue weighted by Gasteiger charge is 2.17. The summed E-state index contributed by atoms with van der Waals surface area (Å²) in [5, 5.41) is 7.94. The predicted molar refractivity (Wildman–Crippen MR) is 160 cm³/mol. The lowest BCUT2D eigenvalue weighted by Crippen LogP contribution is -1.88. The Balaban J connectivity index is 1.41. The van der Waals surface area contributed by atoms with Crippen LogP contribution in [-0.2, 0) is 6.42 Å². The smallest absolute Gasteiger partial charge is 0.109 e. The Kier molecular flexibility index (Phi) is 4.59. The first-order valence-electron chi connectivity index (χ1n) is 13.5. The summed E-state index contributed by atoms with van der Waals surface area (Å²) in [7, 11) is 0. The van der Waals surface area contributed by atoms with Crippen LogP contribution in [0, 0.1) is 0 Å². The van der Waals surface area contributed by atoms with Crippen LogP contribution in [0.1, 0.15) is 38.3 Å². The molecule has 4 aromatic heterocycles. The van der Waals surface area contributed by atoms with Gasteiger partial charge in [0.25, 0.3) is 0 Å². The molecule has 6 heteroatoms. The Morgan fingerprint density at radius 1 is 0.667 bits per heavy atom. The van der Waals surface area contributed by atoms with E-state index in [0.29, 0.717) is 5.92 Å². The molecule has 0 aliphatic carbocycles. The Labute approximate surface area is 224 Å². The first-order chi connectivity index (χ1) is 19.1. The fourth-order valence-corrected chi connectivity index (χ4v) is 5.97. The van der Waals surface area contributed by atoms with E-state index in [1.807, 2.05) is 24.7 Å². The van der Waals surface area contributed by atoms with Crippen molar-refractivity contribution in [2.75, 3.05) is 0 Å². The van der Waals surface area contributed by atoms with Gasteiger partial charge < -0.3 is 9.97 Å². The van der Waals surface area contributed by atoms with Crippen molar-refractivity contribution in [3.63, 3.8) is 0 Å². The molecule has 6 nitrogen and oxygen atoms in total. The van der Waals surface area contributed by atoms with Crippen LogP contribution in [0.2, 0.25) is 0 Å². The minimum absolute atomic E-state index is 0.314. The van der Waals surface area contributed by atoms with Gasteiger partial charge in [-0.05, 0) is 52.2 Å². The lowest BCUT2D eigenvalue weighted by atomic mass is 9.94. The van der Waals surface area contributed by atoms with E-state index in [4.69, 9.17) is 15.0 Å². The van der Waals surface area contributed by atoms with Crippen LogP contribution >= 0.6 is 0 Å². The molecule has 0 spiro atoms. The molecule has 0 aliphatic rings. The highest BCUT2D eigenvalue weighted by Crippen LogP contribution is 2.39. The summed E-state index contributed by atoms with van der Waals surface area (Å²) in [5.74, 6) is 2.31. The van der Waals surface area contributed by atoms with Crippen LogP contribution in [0.25, 0.3) is 76.4 Å². The molecule has 0 atom stereocenters. The van der Waals surface area contributed by atoms with Crippen LogP contribution in [0.4, 0.5) is 0 Å². The number of nitrogens with one attached hydrogen (secondary N) is 2. The first-order valence-corrected chi connectivity index (χ1v) is 13.5. The molecule has 0 radical (unpaired) electrons. The molecule has 0 amide bonds. The number of hydrogen-bond donors (Lipinski definition) is 2. The lowest BCUT2D eigenvalue weighted by Gasteiger charge is -2.11. The van der Waals surface area contributed by atoms with Gasteiger partial charge in [0.15, 0.2) is 0 Å². The quantitative estimate of drug-likeness (QED) is 0.237. The third-order valence-electron chi connectivity index (χ3n) is 7.95. The van der Waals surface area contributed by atoms with Gasteiger partial charge in [0.2, 0.25) is 0 Å². The minimum atomic E-state index is 0.314. The van der Waals surface area contributed by atoms with Crippen LogP contribution in [0.5, 0.6) is 0 Å². The molecule has 4 heterocycles. The van der Waals surface area contributed by atoms with Crippen molar-refractivity contribution in [1.29, 1.82) is 0 Å². The highest BCUT2D eigenvalue weighted by molar-refractivity contribution is 6.24. The molecule has 2 N–H and O–H groups in total. The van der Waals surface area contributed by atoms with Crippen molar-refractivity contribution in [2.45, 2.75) is 33.1 Å². The number of pyridine rings is 2. The highest BCUT2D eigenvalue weighted by atomic mass is 14.9. The van der Waals surface area contributed by atoms with Crippen molar-refractivity contribution in [1.82, 2.24) is 29.9 Å². The molecule has 188 valence electrons. The van der Waals surface area contributed by atoms with Gasteiger partial charge in [0.05, 0.1) is 27.6 Å². The zero-order valence-electron chi connectivity index (χ0n) is 22.0. The van der Waals surface area contributed by atoms with Crippen molar-refractivity contribution in [3.05, 3.63) is 84.8 Å². The summed E-state index contributed by atoms with van der Waals surface area (Å²) in [4.78, 5) is 26.2. The van der Waals surface area contributed by atoms with Crippen molar-refractivity contribution < 1.29 is 0 Å². The van der Waals surface area contributed by atoms with Gasteiger partial charge in [0.1, 0.15) is 11.6 Å². The summed E-state index contributed by atoms with van der Waals surface area (Å²) in [5.41, 5.74) is 7.42. The molecule has 8 aromatic rings. The average Bonchev–Trinajstić information content (AvgIpc) is 3.63. The second-order valence-corrected chi connectivity index (χ2v) is 10.6. The van der Waals surface area contributed by atoms with E-state index in [2.05, 4.69) is 84.3 Å². The average molecular weight is 507 g/mol. The number of rotatable bonds is 3. The Morgan fingerprint density at radius 2 is 1.41 bits per heavy atom. The number of aromatic amines is 2. The van der Waals surface area contributed by atoms with E-state index in [-0.39, 0.29) is 0 Å². The Morgan fingerprint density at radius 3 is 2.21 bits per heavy atom. The maximum absolute atomic E-state index is 4.96. The van der Waals surface area contributed by atoms with E-state index in [0.717, 1.165) is 83.7 Å². The topological polar surface area (TPSA) is 83.1 Å². The molecule has 0 aliphatic heterocycles. The minimum Gasteiger partial charge on any atom is -0.341 e. The van der Waals surface area contributed by atoms with Crippen LogP contribution in [0.3, 0.4) is 0 Å². The number of H-pyrrole nitrogens is 2. The van der Waals surface area contributed by atoms with Gasteiger partial charge >= 0.3 is 0 Å². The summed E-state index contributed by atoms with van der Waals surface area (Å²) < 4.78 is 0. The third-order valence-corrected chi connectivity index (χ3v) is 7.95. The molecule has 0 fully saturated rings. The van der Waals surface area contributed by atoms with Crippen LogP contribution < -0.4 is 0 Å². The zero-order valence-corrected chi connectivity index (χ0v) is 22.0. The zero-order chi connectivity index (χ0) is 26.2. The first kappa shape index (κ1) is 22.2. The monoisotopic (exact) mass is 506 g/mol. The number of fused-ring (bicyclic) bond motifs is 12. The second-order valence-electron chi connectivity index (χ2n) is 10.6. The van der Waals surface area contributed by atoms with Crippen molar-refractivity contribution in [3.8, 4) is 11.1 Å². The fourth-order valence-electron chi connectivity index (χ4n) is 5.97. The molecule has 8 rings (SSSR count). The van der Waals surface area contributed by atoms with Crippen molar-refractivity contribution >= 4 is 65.3 Å². The van der Waals surface area contributed by atoms with E-state index in [9.17, 15) is 0 Å². The van der Waals surface area contributed by atoms with E-state index < -0.39 is 0 Å². The summed E-state index contributed by atoms with van der Waals surface area (Å²) in [6, 6.07) is 19.6. The lowest BCUT2D eigenvalue weighted by molar-refractivity contribution is 0.799. The molecule has 4 aromatic carbocycles. The number of benzene rings is 4. The van der Waals surface area contributed by atoms with Gasteiger partial charge in [-0.25, -0.2) is 9.97 Å². The fraction of sp³-hybridized carbons (Fsp3) is 0.152. The van der Waals surface area contributed by atoms with Gasteiger partial charge in [-0.2, -0.15) is 0 Å². The standard InChI is InChI=1S/C33H26N6/c1-4-27-36-29-22-10-8-19(15-25(22)28-23(31(29)37-27)6-5-12-35-28)18-7-9-21-24(14-18)20-11-13-34-16-26(20)32-30(21)38-33(39-32)17(2)3/h5-17H,4H2,1-3H3,(H,36,37)(H,38,39). The van der Waals surface area contributed by atoms with Gasteiger partial charge in [-0.15, -0.1) is 0 Å². The van der Waals surface area contributed by atoms with Crippen molar-refractivity contribution in [2.24, 2.45) is 0 Å². The summed E-state index contributed by atoms with van der Waals surface area (Å²) in [6.45, 7) is 6.45. The number of imidazole rings is 2. The molecule has 0 bridgehead atoms. The van der Waals surface area contributed by atoms with Gasteiger partial charge in [-0.1, -0.05) is 45.0 Å². The maximum atomic E-state index is 4.96. The number of nitrogens with zero attached hydrogens (tertiary/aromatic N) is 4. The predicted octanol–water partition coefficient (Wildman–Crippen LogP) is 8.19. The number of aromatic nitrogens is 6. The molecule has 39 heavy (non-hydrogen) atoms. The molecule has 0 saturated carbocycles. The Hall–Kier alpha value is -4.84. The SMILES string of the molecule is CCc1nc2c3cccnc3c3cc(-c4ccc5c(c4)c4ccncc4c4nc(C(C)C)[nH]c54)ccc3c2[nH]1. The van der Waals surface area contributed by atoms with Crippen LogP contribution in [-0.4, -0.2) is 29.9 Å². The molecular weight excluding hydrogens is 480 g/mol. The summed E-state index contributed by atoms with van der Waals surface area (Å²) in [6.07, 6.45) is 6.52.